The standard InChI is InChI=1S/C31H33NO3/c33-28(34)20-32-31(25-7-3-1-4-8-25,26-9-5-2-6-10-26)27-13-11-24(12-14-27)29-16-22-15-23(17-29)19-30(35,18-22)21-29/h1-14,22-23,32,35H,15-21H2,(H,33,34)/t22-,23-,29?,30?/m0/s1. The zero-order chi connectivity index (χ0) is 24.1. The van der Waals surface area contributed by atoms with E-state index in [1.54, 1.807) is 0 Å². The molecule has 3 aromatic carbocycles. The molecule has 4 bridgehead atoms. The quantitative estimate of drug-likeness (QED) is 0.416. The van der Waals surface area contributed by atoms with Gasteiger partial charge < -0.3 is 10.2 Å². The van der Waals surface area contributed by atoms with E-state index in [4.69, 9.17) is 0 Å². The summed E-state index contributed by atoms with van der Waals surface area (Å²) in [7, 11) is 0. The lowest BCUT2D eigenvalue weighted by Crippen LogP contribution is -2.57. The predicted octanol–water partition coefficient (Wildman–Crippen LogP) is 5.24. The van der Waals surface area contributed by atoms with E-state index in [1.165, 1.54) is 24.8 Å². The molecule has 3 aromatic rings. The molecule has 7 rings (SSSR count). The molecule has 0 amide bonds. The summed E-state index contributed by atoms with van der Waals surface area (Å²) in [4.78, 5) is 11.7. The molecule has 4 aliphatic rings. The molecule has 3 N–H and O–H groups in total. The predicted molar refractivity (Wildman–Crippen MR) is 136 cm³/mol. The Bertz CT molecular complexity index is 1150. The van der Waals surface area contributed by atoms with Gasteiger partial charge in [-0.15, -0.1) is 0 Å². The van der Waals surface area contributed by atoms with Gasteiger partial charge in [0.2, 0.25) is 0 Å². The number of carbonyl (C=O) groups is 1. The minimum Gasteiger partial charge on any atom is -0.480 e. The van der Waals surface area contributed by atoms with Crippen LogP contribution in [0.3, 0.4) is 0 Å². The first-order chi connectivity index (χ1) is 16.9. The monoisotopic (exact) mass is 467 g/mol. The van der Waals surface area contributed by atoms with Gasteiger partial charge in [0.25, 0.3) is 0 Å². The average molecular weight is 468 g/mol. The maximum absolute atomic E-state index is 11.7. The summed E-state index contributed by atoms with van der Waals surface area (Å²) in [6.45, 7) is -0.161. The number of aliphatic hydroxyl groups is 1. The lowest BCUT2D eigenvalue weighted by Gasteiger charge is -2.60. The fourth-order valence-corrected chi connectivity index (χ4v) is 8.02. The molecule has 4 heteroatoms. The maximum atomic E-state index is 11.7. The first-order valence-electron chi connectivity index (χ1n) is 12.8. The SMILES string of the molecule is O=C(O)CNC(c1ccccc1)(c1ccccc1)c1ccc(C23C[C@@H]4C[C@H](CC(O)(C4)C2)C3)cc1. The Balaban J connectivity index is 1.45. The van der Waals surface area contributed by atoms with Crippen LogP contribution in [0.25, 0.3) is 0 Å². The summed E-state index contributed by atoms with van der Waals surface area (Å²) in [5.74, 6) is 0.372. The Labute approximate surface area is 207 Å². The van der Waals surface area contributed by atoms with Crippen molar-refractivity contribution in [3.63, 3.8) is 0 Å². The van der Waals surface area contributed by atoms with E-state index in [0.29, 0.717) is 11.8 Å². The van der Waals surface area contributed by atoms with Crippen LogP contribution in [0.5, 0.6) is 0 Å². The van der Waals surface area contributed by atoms with Crippen LogP contribution in [0.2, 0.25) is 0 Å². The molecule has 0 heterocycles. The molecule has 4 aliphatic carbocycles. The topological polar surface area (TPSA) is 69.6 Å². The number of nitrogens with one attached hydrogen (secondary N) is 1. The van der Waals surface area contributed by atoms with Crippen LogP contribution in [0.15, 0.2) is 84.9 Å². The lowest BCUT2D eigenvalue weighted by molar-refractivity contribution is -0.137. The maximum Gasteiger partial charge on any atom is 0.317 e. The molecule has 180 valence electrons. The second-order valence-electron chi connectivity index (χ2n) is 11.3. The number of carboxylic acid groups (broad SMARTS) is 1. The Morgan fingerprint density at radius 1 is 0.800 bits per heavy atom. The van der Waals surface area contributed by atoms with Crippen LogP contribution >= 0.6 is 0 Å². The largest absolute Gasteiger partial charge is 0.480 e. The highest BCUT2D eigenvalue weighted by molar-refractivity contribution is 5.70. The molecule has 0 aromatic heterocycles. The van der Waals surface area contributed by atoms with Crippen LogP contribution in [0.1, 0.15) is 60.8 Å². The Morgan fingerprint density at radius 3 is 1.80 bits per heavy atom. The second kappa shape index (κ2) is 8.32. The molecule has 4 nitrogen and oxygen atoms in total. The molecule has 0 unspecified atom stereocenters. The van der Waals surface area contributed by atoms with Gasteiger partial charge in [0.15, 0.2) is 0 Å². The number of hydrogen-bond acceptors (Lipinski definition) is 3. The average Bonchev–Trinajstić information content (AvgIpc) is 2.84. The van der Waals surface area contributed by atoms with Crippen LogP contribution < -0.4 is 5.32 Å². The van der Waals surface area contributed by atoms with E-state index in [9.17, 15) is 15.0 Å². The normalized spacial score (nSPS) is 29.3. The molecular formula is C31H33NO3. The van der Waals surface area contributed by atoms with Gasteiger partial charge in [-0.3, -0.25) is 10.1 Å². The summed E-state index contributed by atoms with van der Waals surface area (Å²) in [6.07, 6.45) is 6.41. The first-order valence-corrected chi connectivity index (χ1v) is 12.8. The van der Waals surface area contributed by atoms with Crippen molar-refractivity contribution >= 4 is 5.97 Å². The van der Waals surface area contributed by atoms with Crippen LogP contribution in [0.4, 0.5) is 0 Å². The zero-order valence-electron chi connectivity index (χ0n) is 20.0. The summed E-state index contributed by atoms with van der Waals surface area (Å²) < 4.78 is 0. The van der Waals surface area contributed by atoms with Crippen LogP contribution in [0, 0.1) is 11.8 Å². The van der Waals surface area contributed by atoms with Crippen molar-refractivity contribution in [1.29, 1.82) is 0 Å². The van der Waals surface area contributed by atoms with Crippen molar-refractivity contribution in [2.45, 2.75) is 55.1 Å². The summed E-state index contributed by atoms with van der Waals surface area (Å²) >= 11 is 0. The molecule has 35 heavy (non-hydrogen) atoms. The molecule has 0 aliphatic heterocycles. The van der Waals surface area contributed by atoms with E-state index in [-0.39, 0.29) is 12.0 Å². The summed E-state index contributed by atoms with van der Waals surface area (Å²) in [5, 5.41) is 24.3. The molecule has 4 saturated carbocycles. The number of rotatable bonds is 7. The van der Waals surface area contributed by atoms with Gasteiger partial charge in [0.05, 0.1) is 17.7 Å². The Kier molecular flexibility index (Phi) is 5.35. The minimum absolute atomic E-state index is 0.0635. The van der Waals surface area contributed by atoms with E-state index >= 15 is 0 Å². The number of aliphatic carboxylic acids is 1. The number of hydrogen-bond donors (Lipinski definition) is 3. The van der Waals surface area contributed by atoms with Crippen molar-refractivity contribution in [2.24, 2.45) is 11.8 Å². The number of benzene rings is 3. The van der Waals surface area contributed by atoms with Gasteiger partial charge in [0, 0.05) is 0 Å². The Morgan fingerprint density at radius 2 is 1.31 bits per heavy atom. The molecule has 2 atom stereocenters. The summed E-state index contributed by atoms with van der Waals surface area (Å²) in [5.41, 5.74) is 3.12. The van der Waals surface area contributed by atoms with Gasteiger partial charge in [-0.05, 0) is 78.0 Å². The van der Waals surface area contributed by atoms with E-state index in [0.717, 1.165) is 36.0 Å². The van der Waals surface area contributed by atoms with Gasteiger partial charge in [0.1, 0.15) is 0 Å². The smallest absolute Gasteiger partial charge is 0.317 e. The highest BCUT2D eigenvalue weighted by atomic mass is 16.4. The number of carboxylic acids is 1. The molecule has 0 radical (unpaired) electrons. The molecule has 0 spiro atoms. The third-order valence-corrected chi connectivity index (χ3v) is 8.88. The third kappa shape index (κ3) is 3.80. The van der Waals surface area contributed by atoms with Gasteiger partial charge in [-0.2, -0.15) is 0 Å². The van der Waals surface area contributed by atoms with E-state index in [1.807, 2.05) is 36.4 Å². The van der Waals surface area contributed by atoms with E-state index in [2.05, 4.69) is 53.8 Å². The highest BCUT2D eigenvalue weighted by Gasteiger charge is 2.57. The van der Waals surface area contributed by atoms with Crippen LogP contribution in [-0.4, -0.2) is 28.3 Å². The summed E-state index contributed by atoms with van der Waals surface area (Å²) in [6, 6.07) is 29.0. The van der Waals surface area contributed by atoms with Crippen molar-refractivity contribution in [1.82, 2.24) is 5.32 Å². The highest BCUT2D eigenvalue weighted by Crippen LogP contribution is 2.62. The fourth-order valence-electron chi connectivity index (χ4n) is 8.02. The fraction of sp³-hybridized carbons (Fsp3) is 0.387. The zero-order valence-corrected chi connectivity index (χ0v) is 20.0. The van der Waals surface area contributed by atoms with Crippen molar-refractivity contribution < 1.29 is 15.0 Å². The minimum atomic E-state index is -0.889. The van der Waals surface area contributed by atoms with E-state index < -0.39 is 17.1 Å². The van der Waals surface area contributed by atoms with Crippen molar-refractivity contribution in [2.75, 3.05) is 6.54 Å². The van der Waals surface area contributed by atoms with Gasteiger partial charge >= 0.3 is 5.97 Å². The van der Waals surface area contributed by atoms with Gasteiger partial charge in [-0.1, -0.05) is 84.9 Å². The Hall–Kier alpha value is -2.95. The second-order valence-corrected chi connectivity index (χ2v) is 11.3. The third-order valence-electron chi connectivity index (χ3n) is 8.88. The first kappa shape index (κ1) is 22.5. The lowest BCUT2D eigenvalue weighted by atomic mass is 9.46. The van der Waals surface area contributed by atoms with Crippen LogP contribution in [-0.2, 0) is 15.7 Å². The molecule has 4 fully saturated rings. The van der Waals surface area contributed by atoms with Gasteiger partial charge in [-0.25, -0.2) is 0 Å². The molecular weight excluding hydrogens is 434 g/mol. The van der Waals surface area contributed by atoms with Crippen molar-refractivity contribution in [3.05, 3.63) is 107 Å². The van der Waals surface area contributed by atoms with Crippen molar-refractivity contribution in [3.8, 4) is 0 Å². The molecule has 0 saturated heterocycles.